The van der Waals surface area contributed by atoms with E-state index in [4.69, 9.17) is 19.9 Å². The van der Waals surface area contributed by atoms with E-state index in [2.05, 4.69) is 19.2 Å². The summed E-state index contributed by atoms with van der Waals surface area (Å²) in [6.07, 6.45) is 5.03. The molecule has 0 aliphatic carbocycles. The van der Waals surface area contributed by atoms with Crippen LogP contribution < -0.4 is 30.2 Å². The lowest BCUT2D eigenvalue weighted by molar-refractivity contribution is -0.132. The number of nitrogens with zero attached hydrogens (tertiary/aromatic N) is 2. The number of amides is 3. The molecule has 258 valence electrons. The Labute approximate surface area is 284 Å². The number of carbonyl (C=O) groups excluding carboxylic acids is 3. The number of benzene rings is 3. The van der Waals surface area contributed by atoms with Gasteiger partial charge in [-0.3, -0.25) is 14.4 Å². The standard InChI is InChI=1S/C38H50N4O6/c1-27(14-17-36(43)42-22-18-28(2)19-23-42)20-25-48-34-13-8-6-11-32(34)41(3)38(45)29-15-16-31(35(26-29)46-4)40-37(44)30-10-5-7-12-33(30)47-24-9-21-39/h5-8,10-13,15-16,26-28H,9,14,17-25,39H2,1-4H3,(H,40,44). The van der Waals surface area contributed by atoms with Gasteiger partial charge in [0.2, 0.25) is 5.91 Å². The molecule has 1 atom stereocenters. The summed E-state index contributed by atoms with van der Waals surface area (Å²) in [6, 6.07) is 19.3. The van der Waals surface area contributed by atoms with Gasteiger partial charge in [0.15, 0.2) is 0 Å². The highest BCUT2D eigenvalue weighted by atomic mass is 16.5. The van der Waals surface area contributed by atoms with Crippen LogP contribution in [0.3, 0.4) is 0 Å². The first-order chi connectivity index (χ1) is 23.2. The topological polar surface area (TPSA) is 123 Å². The van der Waals surface area contributed by atoms with Crippen LogP contribution in [0.5, 0.6) is 17.2 Å². The zero-order valence-corrected chi connectivity index (χ0v) is 28.7. The van der Waals surface area contributed by atoms with Crippen LogP contribution in [0.15, 0.2) is 66.7 Å². The minimum atomic E-state index is -0.364. The number of piperidine rings is 1. The van der Waals surface area contributed by atoms with Crippen molar-refractivity contribution < 1.29 is 28.6 Å². The second-order valence-electron chi connectivity index (χ2n) is 12.5. The van der Waals surface area contributed by atoms with Gasteiger partial charge in [0, 0.05) is 32.1 Å². The summed E-state index contributed by atoms with van der Waals surface area (Å²) in [5.74, 6) is 2.06. The van der Waals surface area contributed by atoms with Crippen LogP contribution in [0, 0.1) is 11.8 Å². The second kappa shape index (κ2) is 18.1. The van der Waals surface area contributed by atoms with Crippen molar-refractivity contribution >= 4 is 29.1 Å². The van der Waals surface area contributed by atoms with Gasteiger partial charge in [-0.25, -0.2) is 0 Å². The molecule has 48 heavy (non-hydrogen) atoms. The molecule has 0 saturated carbocycles. The van der Waals surface area contributed by atoms with Crippen molar-refractivity contribution in [2.45, 2.75) is 52.4 Å². The molecule has 0 spiro atoms. The highest BCUT2D eigenvalue weighted by molar-refractivity contribution is 6.09. The van der Waals surface area contributed by atoms with Crippen LogP contribution in [0.25, 0.3) is 0 Å². The monoisotopic (exact) mass is 658 g/mol. The molecule has 1 heterocycles. The molecule has 10 nitrogen and oxygen atoms in total. The lowest BCUT2D eigenvalue weighted by atomic mass is 9.97. The molecule has 1 aliphatic rings. The van der Waals surface area contributed by atoms with Gasteiger partial charge in [0.25, 0.3) is 11.8 Å². The van der Waals surface area contributed by atoms with E-state index in [1.54, 1.807) is 54.4 Å². The minimum absolute atomic E-state index is 0.251. The number of likely N-dealkylation sites (tertiary alicyclic amines) is 1. The van der Waals surface area contributed by atoms with Gasteiger partial charge in [-0.1, -0.05) is 38.1 Å². The van der Waals surface area contributed by atoms with Crippen molar-refractivity contribution in [1.82, 2.24) is 4.90 Å². The average molecular weight is 659 g/mol. The summed E-state index contributed by atoms with van der Waals surface area (Å²) in [6.45, 7) is 7.50. The maximum absolute atomic E-state index is 13.6. The molecule has 3 aromatic carbocycles. The van der Waals surface area contributed by atoms with Gasteiger partial charge in [-0.2, -0.15) is 0 Å². The Morgan fingerprint density at radius 2 is 1.62 bits per heavy atom. The van der Waals surface area contributed by atoms with Crippen LogP contribution in [-0.4, -0.2) is 69.6 Å². The molecule has 1 aliphatic heterocycles. The Kier molecular flexibility index (Phi) is 13.7. The van der Waals surface area contributed by atoms with Crippen molar-refractivity contribution in [2.24, 2.45) is 17.6 Å². The lowest BCUT2D eigenvalue weighted by Crippen LogP contribution is -2.37. The van der Waals surface area contributed by atoms with Gasteiger partial charge in [0.05, 0.1) is 37.3 Å². The quantitative estimate of drug-likeness (QED) is 0.171. The first-order valence-electron chi connectivity index (χ1n) is 16.9. The number of hydrogen-bond donors (Lipinski definition) is 2. The molecule has 3 aromatic rings. The summed E-state index contributed by atoms with van der Waals surface area (Å²) >= 11 is 0. The highest BCUT2D eigenvalue weighted by Gasteiger charge is 2.22. The molecule has 3 N–H and O–H groups in total. The fraction of sp³-hybridized carbons (Fsp3) is 0.447. The van der Waals surface area contributed by atoms with Gasteiger partial charge in [-0.15, -0.1) is 0 Å². The first-order valence-corrected chi connectivity index (χ1v) is 16.9. The maximum Gasteiger partial charge on any atom is 0.259 e. The number of methoxy groups -OCH3 is 1. The second-order valence-corrected chi connectivity index (χ2v) is 12.5. The smallest absolute Gasteiger partial charge is 0.259 e. The molecule has 3 amide bonds. The molecule has 1 saturated heterocycles. The van der Waals surface area contributed by atoms with Crippen molar-refractivity contribution in [2.75, 3.05) is 57.2 Å². The van der Waals surface area contributed by atoms with Crippen LogP contribution >= 0.6 is 0 Å². The lowest BCUT2D eigenvalue weighted by Gasteiger charge is -2.30. The largest absolute Gasteiger partial charge is 0.495 e. The van der Waals surface area contributed by atoms with Crippen molar-refractivity contribution in [3.05, 3.63) is 77.9 Å². The molecular formula is C38H50N4O6. The van der Waals surface area contributed by atoms with Gasteiger partial charge >= 0.3 is 0 Å². The van der Waals surface area contributed by atoms with E-state index in [1.807, 2.05) is 29.2 Å². The third kappa shape index (κ3) is 9.97. The molecule has 0 aromatic heterocycles. The van der Waals surface area contributed by atoms with E-state index in [0.717, 1.165) is 38.8 Å². The summed E-state index contributed by atoms with van der Waals surface area (Å²) in [5.41, 5.74) is 7.38. The molecule has 4 rings (SSSR count). The van der Waals surface area contributed by atoms with Crippen LogP contribution in [0.2, 0.25) is 0 Å². The van der Waals surface area contributed by atoms with E-state index < -0.39 is 0 Å². The van der Waals surface area contributed by atoms with Crippen molar-refractivity contribution in [3.8, 4) is 17.2 Å². The zero-order chi connectivity index (χ0) is 34.5. The normalized spacial score (nSPS) is 13.8. The maximum atomic E-state index is 13.6. The summed E-state index contributed by atoms with van der Waals surface area (Å²) in [7, 11) is 3.19. The van der Waals surface area contributed by atoms with Gasteiger partial charge < -0.3 is 35.1 Å². The Morgan fingerprint density at radius 3 is 2.35 bits per heavy atom. The number of carbonyl (C=O) groups is 3. The van der Waals surface area contributed by atoms with Crippen LogP contribution in [0.1, 0.15) is 73.1 Å². The fourth-order valence-electron chi connectivity index (χ4n) is 5.62. The number of rotatable bonds is 16. The van der Waals surface area contributed by atoms with E-state index in [0.29, 0.717) is 84.2 Å². The molecule has 1 unspecified atom stereocenters. The number of ether oxygens (including phenoxy) is 3. The van der Waals surface area contributed by atoms with Gasteiger partial charge in [0.1, 0.15) is 17.2 Å². The summed E-state index contributed by atoms with van der Waals surface area (Å²) < 4.78 is 17.5. The predicted octanol–water partition coefficient (Wildman–Crippen LogP) is 6.40. The number of hydrogen-bond acceptors (Lipinski definition) is 7. The third-order valence-electron chi connectivity index (χ3n) is 8.82. The zero-order valence-electron chi connectivity index (χ0n) is 28.7. The van der Waals surface area contributed by atoms with Crippen molar-refractivity contribution in [1.29, 1.82) is 0 Å². The Bertz CT molecular complexity index is 1520. The fourth-order valence-corrected chi connectivity index (χ4v) is 5.62. The molecular weight excluding hydrogens is 608 g/mol. The van der Waals surface area contributed by atoms with E-state index in [9.17, 15) is 14.4 Å². The summed E-state index contributed by atoms with van der Waals surface area (Å²) in [4.78, 5) is 43.0. The SMILES string of the molecule is COc1cc(C(=O)N(C)c2ccccc2OCCC(C)CCC(=O)N2CCC(C)CC2)ccc1NC(=O)c1ccccc1OCCCN. The summed E-state index contributed by atoms with van der Waals surface area (Å²) in [5, 5.41) is 2.88. The number of nitrogens with one attached hydrogen (secondary N) is 1. The number of anilines is 2. The Balaban J connectivity index is 1.34. The van der Waals surface area contributed by atoms with Crippen LogP contribution in [0.4, 0.5) is 11.4 Å². The van der Waals surface area contributed by atoms with E-state index >= 15 is 0 Å². The predicted molar refractivity (Wildman–Crippen MR) is 189 cm³/mol. The molecule has 1 fully saturated rings. The van der Waals surface area contributed by atoms with Crippen molar-refractivity contribution in [3.63, 3.8) is 0 Å². The molecule has 0 bridgehead atoms. The Hall–Kier alpha value is -4.57. The average Bonchev–Trinajstić information content (AvgIpc) is 3.11. The minimum Gasteiger partial charge on any atom is -0.495 e. The number of para-hydroxylation sites is 3. The first kappa shape index (κ1) is 36.3. The van der Waals surface area contributed by atoms with Gasteiger partial charge in [-0.05, 0) is 92.9 Å². The van der Waals surface area contributed by atoms with Crippen LogP contribution in [-0.2, 0) is 4.79 Å². The molecule has 0 radical (unpaired) electrons. The third-order valence-corrected chi connectivity index (χ3v) is 8.82. The number of nitrogens with two attached hydrogens (primary N) is 1. The van der Waals surface area contributed by atoms with E-state index in [1.165, 1.54) is 7.11 Å². The molecule has 10 heteroatoms. The Morgan fingerprint density at radius 1 is 0.938 bits per heavy atom. The van der Waals surface area contributed by atoms with E-state index in [-0.39, 0.29) is 17.7 Å². The highest BCUT2D eigenvalue weighted by Crippen LogP contribution is 2.32.